The van der Waals surface area contributed by atoms with Crippen LogP contribution in [-0.2, 0) is 9.59 Å². The molecule has 3 fully saturated rings. The van der Waals surface area contributed by atoms with E-state index in [9.17, 15) is 9.59 Å². The molecule has 0 aromatic rings. The molecular weight excluding hydrogens is 416 g/mol. The minimum atomic E-state index is -0.282. The Hall–Kier alpha value is -2.73. The lowest BCUT2D eigenvalue weighted by Gasteiger charge is -2.40. The summed E-state index contributed by atoms with van der Waals surface area (Å²) in [6, 6.07) is 0.0632. The van der Waals surface area contributed by atoms with Gasteiger partial charge in [0.1, 0.15) is 6.67 Å². The topological polar surface area (TPSA) is 119 Å². The highest BCUT2D eigenvalue weighted by atomic mass is 16.2. The second kappa shape index (κ2) is 10.5. The van der Waals surface area contributed by atoms with Crippen molar-refractivity contribution in [3.8, 4) is 0 Å². The lowest BCUT2D eigenvalue weighted by molar-refractivity contribution is -0.124. The van der Waals surface area contributed by atoms with Crippen LogP contribution in [0.3, 0.4) is 0 Å². The van der Waals surface area contributed by atoms with Crippen molar-refractivity contribution in [2.24, 2.45) is 33.7 Å². The molecule has 8 nitrogen and oxygen atoms in total. The molecule has 0 aromatic carbocycles. The maximum atomic E-state index is 13.0. The van der Waals surface area contributed by atoms with E-state index in [1.54, 1.807) is 6.08 Å². The lowest BCUT2D eigenvalue weighted by Crippen LogP contribution is -2.45. The van der Waals surface area contributed by atoms with Gasteiger partial charge in [-0.3, -0.25) is 14.6 Å². The molecule has 1 heterocycles. The zero-order chi connectivity index (χ0) is 23.4. The van der Waals surface area contributed by atoms with Crippen LogP contribution in [0.2, 0.25) is 0 Å². The van der Waals surface area contributed by atoms with Crippen molar-refractivity contribution < 1.29 is 9.59 Å². The first-order valence-corrected chi connectivity index (χ1v) is 12.4. The van der Waals surface area contributed by atoms with Crippen LogP contribution in [0.5, 0.6) is 0 Å². The summed E-state index contributed by atoms with van der Waals surface area (Å²) in [5.74, 6) is 5.30. The fourth-order valence-electron chi connectivity index (χ4n) is 6.37. The number of rotatable bonds is 10. The first-order chi connectivity index (χ1) is 16.0. The normalized spacial score (nSPS) is 30.8. The van der Waals surface area contributed by atoms with Crippen LogP contribution in [0.4, 0.5) is 0 Å². The van der Waals surface area contributed by atoms with Gasteiger partial charge in [-0.2, -0.15) is 0 Å². The van der Waals surface area contributed by atoms with Crippen LogP contribution in [0.25, 0.3) is 0 Å². The number of nitrogens with one attached hydrogen (secondary N) is 4. The third-order valence-corrected chi connectivity index (χ3v) is 7.70. The summed E-state index contributed by atoms with van der Waals surface area (Å²) in [6.45, 7) is 4.06. The molecule has 3 bridgehead atoms. The van der Waals surface area contributed by atoms with E-state index in [1.165, 1.54) is 31.9 Å². The van der Waals surface area contributed by atoms with Gasteiger partial charge in [-0.15, -0.1) is 0 Å². The summed E-state index contributed by atoms with van der Waals surface area (Å²) >= 11 is 0. The van der Waals surface area contributed by atoms with Crippen molar-refractivity contribution in [1.29, 1.82) is 5.41 Å². The van der Waals surface area contributed by atoms with Gasteiger partial charge in [-0.05, 0) is 75.0 Å². The van der Waals surface area contributed by atoms with Gasteiger partial charge >= 0.3 is 0 Å². The first kappa shape index (κ1) is 23.4. The fourth-order valence-corrected chi connectivity index (χ4v) is 6.37. The van der Waals surface area contributed by atoms with E-state index < -0.39 is 0 Å². The van der Waals surface area contributed by atoms with E-state index in [-0.39, 0.29) is 24.4 Å². The number of nitrogens with zero attached hydrogens (tertiary/aromatic N) is 2. The van der Waals surface area contributed by atoms with Gasteiger partial charge in [0.05, 0.1) is 24.0 Å². The van der Waals surface area contributed by atoms with Crippen molar-refractivity contribution in [2.45, 2.75) is 70.9 Å². The predicted octanol–water partition coefficient (Wildman–Crippen LogP) is 2.36. The molecule has 4 N–H and O–H groups in total. The van der Waals surface area contributed by atoms with Crippen LogP contribution < -0.4 is 16.0 Å². The summed E-state index contributed by atoms with van der Waals surface area (Å²) in [5, 5.41) is 17.2. The number of amides is 2. The second-order valence-electron chi connectivity index (χ2n) is 10.00. The van der Waals surface area contributed by atoms with Crippen molar-refractivity contribution in [3.63, 3.8) is 0 Å². The van der Waals surface area contributed by atoms with Crippen LogP contribution in [0.1, 0.15) is 58.8 Å². The fraction of sp³-hybridized carbons (Fsp3) is 0.680. The summed E-state index contributed by atoms with van der Waals surface area (Å²) in [6.07, 6.45) is 10.8. The molecule has 6 unspecified atom stereocenters. The zero-order valence-corrected chi connectivity index (χ0v) is 19.7. The number of carbonyl (C=O) groups is 2. The molecule has 4 aliphatic rings. The van der Waals surface area contributed by atoms with Gasteiger partial charge in [0.25, 0.3) is 0 Å². The van der Waals surface area contributed by atoms with E-state index in [1.807, 2.05) is 13.8 Å². The molecule has 3 saturated carbocycles. The Morgan fingerprint density at radius 1 is 1.24 bits per heavy atom. The largest absolute Gasteiger partial charge is 0.380 e. The van der Waals surface area contributed by atoms with Gasteiger partial charge < -0.3 is 21.4 Å². The Kier molecular flexibility index (Phi) is 7.43. The Bertz CT molecular complexity index is 914. The van der Waals surface area contributed by atoms with Crippen molar-refractivity contribution in [2.75, 3.05) is 13.2 Å². The van der Waals surface area contributed by atoms with Gasteiger partial charge in [-0.1, -0.05) is 13.3 Å². The number of fused-ring (bicyclic) bond motifs is 2. The maximum absolute atomic E-state index is 13.0. The highest BCUT2D eigenvalue weighted by molar-refractivity contribution is 6.07. The quantitative estimate of drug-likeness (QED) is 0.301. The number of hydrogen-bond acceptors (Lipinski definition) is 6. The third-order valence-electron chi connectivity index (χ3n) is 7.70. The SMILES string of the molecule is CCCC(C(=O)NCC(=O)NC(C)C1=NCN=C=C1)=C(C=N)NC1CC2CC3CC(C2)C1C3. The molecule has 0 radical (unpaired) electrons. The minimum Gasteiger partial charge on any atom is -0.380 e. The average molecular weight is 453 g/mol. The Labute approximate surface area is 196 Å². The number of hydrogen-bond donors (Lipinski definition) is 4. The summed E-state index contributed by atoms with van der Waals surface area (Å²) in [4.78, 5) is 33.5. The molecule has 1 aliphatic heterocycles. The van der Waals surface area contributed by atoms with Crippen molar-refractivity contribution >= 4 is 29.6 Å². The van der Waals surface area contributed by atoms with Gasteiger partial charge in [0, 0.05) is 23.9 Å². The Morgan fingerprint density at radius 3 is 2.73 bits per heavy atom. The second-order valence-corrected chi connectivity index (χ2v) is 10.00. The van der Waals surface area contributed by atoms with Crippen molar-refractivity contribution in [3.05, 3.63) is 17.3 Å². The van der Waals surface area contributed by atoms with Gasteiger partial charge in [0.2, 0.25) is 11.8 Å². The smallest absolute Gasteiger partial charge is 0.249 e. The van der Waals surface area contributed by atoms with E-state index >= 15 is 0 Å². The molecule has 6 atom stereocenters. The minimum absolute atomic E-state index is 0.120. The summed E-state index contributed by atoms with van der Waals surface area (Å²) in [7, 11) is 0. The molecule has 0 saturated heterocycles. The molecule has 2 amide bonds. The predicted molar refractivity (Wildman–Crippen MR) is 130 cm³/mol. The standard InChI is InChI=1S/C25H36N6O2/c1-3-4-19(25(33)28-13-24(32)30-15(2)21-5-6-27-14-29-21)23(12-26)31-22-11-17-7-16-8-18(9-17)20(22)10-16/h5,12,15-18,20,22,26,31H,3-4,7-11,13-14H2,1-2H3,(H,28,33)(H,30,32). The highest BCUT2D eigenvalue weighted by Gasteiger charge is 2.48. The third kappa shape index (κ3) is 5.44. The summed E-state index contributed by atoms with van der Waals surface area (Å²) in [5.41, 5.74) is 1.89. The Balaban J connectivity index is 1.37. The number of allylic oxidation sites excluding steroid dienone is 1. The van der Waals surface area contributed by atoms with Gasteiger partial charge in [0.15, 0.2) is 0 Å². The first-order valence-electron chi connectivity index (χ1n) is 12.4. The molecule has 4 rings (SSSR count). The summed E-state index contributed by atoms with van der Waals surface area (Å²) < 4.78 is 0. The van der Waals surface area contributed by atoms with Gasteiger partial charge in [-0.25, -0.2) is 4.99 Å². The van der Waals surface area contributed by atoms with Crippen molar-refractivity contribution in [1.82, 2.24) is 16.0 Å². The van der Waals surface area contributed by atoms with E-state index in [2.05, 4.69) is 31.8 Å². The van der Waals surface area contributed by atoms with Crippen LogP contribution in [-0.4, -0.2) is 54.9 Å². The maximum Gasteiger partial charge on any atom is 0.249 e. The molecule has 0 aromatic heterocycles. The van der Waals surface area contributed by atoms with E-state index in [4.69, 9.17) is 5.41 Å². The molecule has 0 spiro atoms. The molecule has 3 aliphatic carbocycles. The van der Waals surface area contributed by atoms with E-state index in [0.717, 1.165) is 30.6 Å². The Morgan fingerprint density at radius 2 is 2.03 bits per heavy atom. The molecule has 33 heavy (non-hydrogen) atoms. The molecule has 178 valence electrons. The van der Waals surface area contributed by atoms with Crippen LogP contribution in [0, 0.1) is 29.1 Å². The zero-order valence-electron chi connectivity index (χ0n) is 19.7. The molecular formula is C25H36N6O2. The highest BCUT2D eigenvalue weighted by Crippen LogP contribution is 2.55. The number of aliphatic imine (C=N–C) groups is 2. The molecule has 8 heteroatoms. The monoisotopic (exact) mass is 452 g/mol. The van der Waals surface area contributed by atoms with Crippen LogP contribution >= 0.6 is 0 Å². The van der Waals surface area contributed by atoms with E-state index in [0.29, 0.717) is 42.0 Å². The average Bonchev–Trinajstić information content (AvgIpc) is 3.05. The lowest BCUT2D eigenvalue weighted by atomic mass is 9.70. The van der Waals surface area contributed by atoms with Crippen LogP contribution in [0.15, 0.2) is 27.3 Å². The number of carbonyl (C=O) groups excluding carboxylic acids is 2.